The minimum absolute atomic E-state index is 0.109. The molecule has 0 saturated carbocycles. The molecular weight excluding hydrogens is 258 g/mol. The normalized spacial score (nSPS) is 13.3. The number of amides is 2. The van der Waals surface area contributed by atoms with Gasteiger partial charge >= 0.3 is 12.0 Å². The predicted molar refractivity (Wildman–Crippen MR) is 75.1 cm³/mol. The van der Waals surface area contributed by atoms with Gasteiger partial charge in [0.2, 0.25) is 0 Å². The number of aliphatic carboxylic acids is 1. The SMILES string of the molecule is CCC(C)(CNC(=O)N(C)Cc1ccncc1)C(=O)O. The van der Waals surface area contributed by atoms with E-state index in [1.165, 1.54) is 4.90 Å². The van der Waals surface area contributed by atoms with Crippen molar-refractivity contribution in [2.45, 2.75) is 26.8 Å². The Hall–Kier alpha value is -2.11. The smallest absolute Gasteiger partial charge is 0.317 e. The molecule has 0 fully saturated rings. The summed E-state index contributed by atoms with van der Waals surface area (Å²) >= 11 is 0. The largest absolute Gasteiger partial charge is 0.481 e. The molecule has 0 aliphatic heterocycles. The van der Waals surface area contributed by atoms with Crippen molar-refractivity contribution in [3.8, 4) is 0 Å². The van der Waals surface area contributed by atoms with Crippen LogP contribution in [0.5, 0.6) is 0 Å². The van der Waals surface area contributed by atoms with Gasteiger partial charge in [0.1, 0.15) is 0 Å². The lowest BCUT2D eigenvalue weighted by molar-refractivity contribution is -0.147. The van der Waals surface area contributed by atoms with E-state index in [1.807, 2.05) is 12.1 Å². The fraction of sp³-hybridized carbons (Fsp3) is 0.500. The molecule has 0 aliphatic carbocycles. The fourth-order valence-electron chi connectivity index (χ4n) is 1.59. The molecule has 1 unspecified atom stereocenters. The molecule has 110 valence electrons. The highest BCUT2D eigenvalue weighted by molar-refractivity contribution is 5.77. The first-order chi connectivity index (χ1) is 9.39. The highest BCUT2D eigenvalue weighted by atomic mass is 16.4. The molecule has 0 aromatic carbocycles. The third-order valence-corrected chi connectivity index (χ3v) is 3.44. The summed E-state index contributed by atoms with van der Waals surface area (Å²) in [5.74, 6) is -0.905. The highest BCUT2D eigenvalue weighted by Crippen LogP contribution is 2.19. The zero-order valence-corrected chi connectivity index (χ0v) is 12.1. The number of nitrogens with one attached hydrogen (secondary N) is 1. The van der Waals surface area contributed by atoms with Crippen LogP contribution >= 0.6 is 0 Å². The minimum atomic E-state index is -0.937. The van der Waals surface area contributed by atoms with Gasteiger partial charge in [-0.2, -0.15) is 0 Å². The molecule has 1 aromatic rings. The number of carboxylic acid groups (broad SMARTS) is 1. The Balaban J connectivity index is 2.52. The zero-order valence-electron chi connectivity index (χ0n) is 12.1. The quantitative estimate of drug-likeness (QED) is 0.830. The van der Waals surface area contributed by atoms with Crippen molar-refractivity contribution in [3.05, 3.63) is 30.1 Å². The number of urea groups is 1. The molecule has 0 radical (unpaired) electrons. The van der Waals surface area contributed by atoms with Crippen LogP contribution in [0.15, 0.2) is 24.5 Å². The van der Waals surface area contributed by atoms with Gasteiger partial charge in [-0.25, -0.2) is 4.79 Å². The Morgan fingerprint density at radius 3 is 2.50 bits per heavy atom. The topological polar surface area (TPSA) is 82.5 Å². The monoisotopic (exact) mass is 279 g/mol. The van der Waals surface area contributed by atoms with Gasteiger partial charge in [0.05, 0.1) is 5.41 Å². The first-order valence-corrected chi connectivity index (χ1v) is 6.50. The van der Waals surface area contributed by atoms with Crippen LogP contribution in [-0.2, 0) is 11.3 Å². The van der Waals surface area contributed by atoms with Crippen molar-refractivity contribution >= 4 is 12.0 Å². The number of hydrogen-bond donors (Lipinski definition) is 2. The standard InChI is InChI=1S/C14H21N3O3/c1-4-14(2,12(18)19)10-16-13(20)17(3)9-11-5-7-15-8-6-11/h5-8H,4,9-10H2,1-3H3,(H,16,20)(H,18,19). The minimum Gasteiger partial charge on any atom is -0.481 e. The van der Waals surface area contributed by atoms with Gasteiger partial charge in [0.15, 0.2) is 0 Å². The van der Waals surface area contributed by atoms with Gasteiger partial charge in [-0.3, -0.25) is 9.78 Å². The average Bonchev–Trinajstić information content (AvgIpc) is 2.45. The van der Waals surface area contributed by atoms with Gasteiger partial charge in [-0.05, 0) is 31.0 Å². The van der Waals surface area contributed by atoms with Crippen LogP contribution in [0.3, 0.4) is 0 Å². The first-order valence-electron chi connectivity index (χ1n) is 6.50. The lowest BCUT2D eigenvalue weighted by Gasteiger charge is -2.25. The summed E-state index contributed by atoms with van der Waals surface area (Å²) in [6.45, 7) is 3.97. The van der Waals surface area contributed by atoms with Gasteiger partial charge in [-0.1, -0.05) is 6.92 Å². The predicted octanol–water partition coefficient (Wildman–Crippen LogP) is 1.72. The third-order valence-electron chi connectivity index (χ3n) is 3.44. The molecule has 2 amide bonds. The van der Waals surface area contributed by atoms with Crippen LogP contribution in [-0.4, -0.2) is 40.6 Å². The van der Waals surface area contributed by atoms with Gasteiger partial charge in [0, 0.05) is 32.5 Å². The molecule has 6 nitrogen and oxygen atoms in total. The first kappa shape index (κ1) is 15.9. The van der Waals surface area contributed by atoms with Crippen LogP contribution in [0.2, 0.25) is 0 Å². The second kappa shape index (κ2) is 6.88. The van der Waals surface area contributed by atoms with Crippen molar-refractivity contribution in [1.82, 2.24) is 15.2 Å². The van der Waals surface area contributed by atoms with Gasteiger partial charge < -0.3 is 15.3 Å². The van der Waals surface area contributed by atoms with E-state index in [0.717, 1.165) is 5.56 Å². The van der Waals surface area contributed by atoms with Crippen molar-refractivity contribution < 1.29 is 14.7 Å². The highest BCUT2D eigenvalue weighted by Gasteiger charge is 2.31. The van der Waals surface area contributed by atoms with Crippen molar-refractivity contribution in [2.75, 3.05) is 13.6 Å². The van der Waals surface area contributed by atoms with Crippen LogP contribution in [0.4, 0.5) is 4.79 Å². The number of carbonyl (C=O) groups is 2. The van der Waals surface area contributed by atoms with E-state index in [-0.39, 0.29) is 12.6 Å². The Morgan fingerprint density at radius 2 is 2.00 bits per heavy atom. The second-order valence-electron chi connectivity index (χ2n) is 5.09. The van der Waals surface area contributed by atoms with E-state index in [2.05, 4.69) is 10.3 Å². The lowest BCUT2D eigenvalue weighted by atomic mass is 9.88. The molecule has 1 aromatic heterocycles. The summed E-state index contributed by atoms with van der Waals surface area (Å²) in [6.07, 6.45) is 3.79. The van der Waals surface area contributed by atoms with Crippen molar-refractivity contribution in [3.63, 3.8) is 0 Å². The van der Waals surface area contributed by atoms with E-state index in [4.69, 9.17) is 5.11 Å². The number of aromatic nitrogens is 1. The Morgan fingerprint density at radius 1 is 1.40 bits per heavy atom. The molecule has 20 heavy (non-hydrogen) atoms. The number of carbonyl (C=O) groups excluding carboxylic acids is 1. The Kier molecular flexibility index (Phi) is 5.49. The summed E-state index contributed by atoms with van der Waals surface area (Å²) in [6, 6.07) is 3.37. The number of rotatable bonds is 6. The van der Waals surface area contributed by atoms with Crippen LogP contribution in [0.25, 0.3) is 0 Å². The molecule has 2 N–H and O–H groups in total. The van der Waals surface area contributed by atoms with E-state index in [9.17, 15) is 9.59 Å². The number of carboxylic acids is 1. The molecule has 0 aliphatic rings. The molecular formula is C14H21N3O3. The maximum Gasteiger partial charge on any atom is 0.317 e. The van der Waals surface area contributed by atoms with Crippen LogP contribution in [0.1, 0.15) is 25.8 Å². The van der Waals surface area contributed by atoms with Gasteiger partial charge in [-0.15, -0.1) is 0 Å². The number of nitrogens with zero attached hydrogens (tertiary/aromatic N) is 2. The van der Waals surface area contributed by atoms with E-state index >= 15 is 0 Å². The van der Waals surface area contributed by atoms with E-state index < -0.39 is 11.4 Å². The molecule has 0 saturated heterocycles. The molecule has 1 heterocycles. The molecule has 6 heteroatoms. The fourth-order valence-corrected chi connectivity index (χ4v) is 1.59. The lowest BCUT2D eigenvalue weighted by Crippen LogP contribution is -2.45. The average molecular weight is 279 g/mol. The van der Waals surface area contributed by atoms with Gasteiger partial charge in [0.25, 0.3) is 0 Å². The summed E-state index contributed by atoms with van der Waals surface area (Å²) in [5, 5.41) is 11.8. The summed E-state index contributed by atoms with van der Waals surface area (Å²) in [4.78, 5) is 28.5. The Labute approximate surface area is 118 Å². The maximum absolute atomic E-state index is 11.9. The molecule has 1 atom stereocenters. The molecule has 0 spiro atoms. The van der Waals surface area contributed by atoms with Crippen LogP contribution < -0.4 is 5.32 Å². The van der Waals surface area contributed by atoms with Crippen LogP contribution in [0, 0.1) is 5.41 Å². The number of pyridine rings is 1. The Bertz CT molecular complexity index is 464. The summed E-state index contributed by atoms with van der Waals surface area (Å²) < 4.78 is 0. The number of hydrogen-bond acceptors (Lipinski definition) is 3. The van der Waals surface area contributed by atoms with E-state index in [1.54, 1.807) is 33.3 Å². The zero-order chi connectivity index (χ0) is 15.2. The molecule has 1 rings (SSSR count). The van der Waals surface area contributed by atoms with E-state index in [0.29, 0.717) is 13.0 Å². The third kappa shape index (κ3) is 4.22. The second-order valence-corrected chi connectivity index (χ2v) is 5.09. The molecule has 0 bridgehead atoms. The van der Waals surface area contributed by atoms with Crippen molar-refractivity contribution in [1.29, 1.82) is 0 Å². The maximum atomic E-state index is 11.9. The van der Waals surface area contributed by atoms with Crippen molar-refractivity contribution in [2.24, 2.45) is 5.41 Å². The summed E-state index contributed by atoms with van der Waals surface area (Å²) in [7, 11) is 1.67. The summed E-state index contributed by atoms with van der Waals surface area (Å²) in [5.41, 5.74) is 0.0295.